The van der Waals surface area contributed by atoms with Crippen LogP contribution in [0.1, 0.15) is 0 Å². The van der Waals surface area contributed by atoms with Crippen molar-refractivity contribution in [3.8, 4) is 0 Å². The molecule has 0 fully saturated rings. The first kappa shape index (κ1) is 14.5. The molecule has 1 aromatic carbocycles. The molecule has 3 rings (SSSR count). The molecule has 0 radical (unpaired) electrons. The lowest BCUT2D eigenvalue weighted by atomic mass is 10.3. The number of benzene rings is 1. The first-order valence-electron chi connectivity index (χ1n) is 6.54. The van der Waals surface area contributed by atoms with E-state index in [1.54, 1.807) is 36.3 Å². The van der Waals surface area contributed by atoms with Crippen molar-refractivity contribution < 1.29 is 12.8 Å². The van der Waals surface area contributed by atoms with E-state index in [1.807, 2.05) is 0 Å². The summed E-state index contributed by atoms with van der Waals surface area (Å²) < 4.78 is 34.9. The minimum Gasteiger partial charge on any atom is -0.408 e. The zero-order valence-corrected chi connectivity index (χ0v) is 12.6. The molecule has 0 aliphatic heterocycles. The summed E-state index contributed by atoms with van der Waals surface area (Å²) in [5.41, 5.74) is 0.781. The Balaban J connectivity index is 1.80. The molecule has 3 aromatic rings. The van der Waals surface area contributed by atoms with Gasteiger partial charge >= 0.3 is 5.76 Å². The molecule has 9 heteroatoms. The van der Waals surface area contributed by atoms with Gasteiger partial charge in [-0.15, -0.1) is 0 Å². The van der Waals surface area contributed by atoms with E-state index in [-0.39, 0.29) is 17.0 Å². The summed E-state index contributed by atoms with van der Waals surface area (Å²) in [5.74, 6) is -0.531. The van der Waals surface area contributed by atoms with Crippen LogP contribution in [-0.2, 0) is 23.6 Å². The summed E-state index contributed by atoms with van der Waals surface area (Å²) in [7, 11) is -2.11. The Morgan fingerprint density at radius 2 is 2.18 bits per heavy atom. The second-order valence-corrected chi connectivity index (χ2v) is 6.49. The van der Waals surface area contributed by atoms with E-state index in [0.717, 1.165) is 0 Å². The van der Waals surface area contributed by atoms with Gasteiger partial charge in [-0.05, 0) is 18.2 Å². The Bertz CT molecular complexity index is 954. The third kappa shape index (κ3) is 2.68. The van der Waals surface area contributed by atoms with Gasteiger partial charge in [-0.25, -0.2) is 17.9 Å². The first-order chi connectivity index (χ1) is 10.5. The summed E-state index contributed by atoms with van der Waals surface area (Å²) in [6, 6.07) is 6.09. The van der Waals surface area contributed by atoms with E-state index in [1.165, 1.54) is 16.7 Å². The number of oxazole rings is 1. The van der Waals surface area contributed by atoms with Crippen LogP contribution in [0, 0.1) is 0 Å². The molecular weight excluding hydrogens is 308 g/mol. The van der Waals surface area contributed by atoms with Gasteiger partial charge < -0.3 is 4.42 Å². The predicted molar refractivity (Wildman–Crippen MR) is 78.9 cm³/mol. The van der Waals surface area contributed by atoms with Crippen LogP contribution >= 0.6 is 0 Å². The van der Waals surface area contributed by atoms with E-state index >= 15 is 0 Å². The monoisotopic (exact) mass is 322 g/mol. The average molecular weight is 322 g/mol. The van der Waals surface area contributed by atoms with Crippen molar-refractivity contribution in [1.82, 2.24) is 19.1 Å². The maximum Gasteiger partial charge on any atom is 0.419 e. The van der Waals surface area contributed by atoms with Crippen molar-refractivity contribution in [2.45, 2.75) is 11.4 Å². The molecule has 2 heterocycles. The smallest absolute Gasteiger partial charge is 0.408 e. The number of fused-ring (bicyclic) bond motifs is 1. The summed E-state index contributed by atoms with van der Waals surface area (Å²) >= 11 is 0. The topological polar surface area (TPSA) is 99.1 Å². The van der Waals surface area contributed by atoms with E-state index < -0.39 is 15.8 Å². The van der Waals surface area contributed by atoms with Crippen molar-refractivity contribution in [3.05, 3.63) is 47.2 Å². The molecule has 116 valence electrons. The SMILES string of the molecule is Cn1c(=O)oc2cc(S(=O)(=O)NCCn3cccn3)ccc21. The highest BCUT2D eigenvalue weighted by atomic mass is 32.2. The standard InChI is InChI=1S/C13H14N4O4S/c1-16-11-4-3-10(9-12(11)21-13(16)18)22(19,20)15-6-8-17-7-2-5-14-17/h2-5,7,9,15H,6,8H2,1H3. The van der Waals surface area contributed by atoms with Crippen LogP contribution in [-0.4, -0.2) is 29.3 Å². The fourth-order valence-corrected chi connectivity index (χ4v) is 3.13. The van der Waals surface area contributed by atoms with Gasteiger partial charge in [-0.3, -0.25) is 9.25 Å². The van der Waals surface area contributed by atoms with Gasteiger partial charge in [0, 0.05) is 32.1 Å². The number of hydrogen-bond acceptors (Lipinski definition) is 5. The third-order valence-electron chi connectivity index (χ3n) is 3.27. The van der Waals surface area contributed by atoms with Crippen molar-refractivity contribution in [2.24, 2.45) is 7.05 Å². The summed E-state index contributed by atoms with van der Waals surface area (Å²) in [4.78, 5) is 11.5. The van der Waals surface area contributed by atoms with Crippen LogP contribution in [0.2, 0.25) is 0 Å². The summed E-state index contributed by atoms with van der Waals surface area (Å²) in [6.07, 6.45) is 3.37. The van der Waals surface area contributed by atoms with Crippen molar-refractivity contribution in [2.75, 3.05) is 6.54 Å². The van der Waals surface area contributed by atoms with Crippen LogP contribution in [0.3, 0.4) is 0 Å². The molecule has 0 saturated heterocycles. The fourth-order valence-electron chi connectivity index (χ4n) is 2.09. The second kappa shape index (κ2) is 5.43. The molecule has 0 atom stereocenters. The molecule has 2 aromatic heterocycles. The van der Waals surface area contributed by atoms with Gasteiger partial charge in [0.2, 0.25) is 10.0 Å². The Kier molecular flexibility index (Phi) is 3.59. The number of aromatic nitrogens is 3. The maximum absolute atomic E-state index is 12.2. The molecule has 0 spiro atoms. The zero-order chi connectivity index (χ0) is 15.7. The molecule has 22 heavy (non-hydrogen) atoms. The molecule has 0 bridgehead atoms. The van der Waals surface area contributed by atoms with Crippen LogP contribution in [0.5, 0.6) is 0 Å². The number of rotatable bonds is 5. The highest BCUT2D eigenvalue weighted by molar-refractivity contribution is 7.89. The number of aryl methyl sites for hydroxylation is 1. The highest BCUT2D eigenvalue weighted by Crippen LogP contribution is 2.17. The Morgan fingerprint density at radius 1 is 1.36 bits per heavy atom. The van der Waals surface area contributed by atoms with Gasteiger partial charge in [0.05, 0.1) is 17.0 Å². The van der Waals surface area contributed by atoms with Gasteiger partial charge in [0.15, 0.2) is 5.58 Å². The third-order valence-corrected chi connectivity index (χ3v) is 4.72. The van der Waals surface area contributed by atoms with Gasteiger partial charge in [0.25, 0.3) is 0 Å². The maximum atomic E-state index is 12.2. The van der Waals surface area contributed by atoms with Gasteiger partial charge in [-0.1, -0.05) is 0 Å². The number of nitrogens with zero attached hydrogens (tertiary/aromatic N) is 3. The molecule has 0 amide bonds. The molecule has 1 N–H and O–H groups in total. The van der Waals surface area contributed by atoms with Crippen molar-refractivity contribution >= 4 is 21.1 Å². The lowest BCUT2D eigenvalue weighted by molar-refractivity contribution is 0.527. The van der Waals surface area contributed by atoms with Crippen molar-refractivity contribution in [3.63, 3.8) is 0 Å². The van der Waals surface area contributed by atoms with E-state index in [2.05, 4.69) is 9.82 Å². The fraction of sp³-hybridized carbons (Fsp3) is 0.231. The van der Waals surface area contributed by atoms with E-state index in [4.69, 9.17) is 4.42 Å². The van der Waals surface area contributed by atoms with Gasteiger partial charge in [0.1, 0.15) is 0 Å². The lowest BCUT2D eigenvalue weighted by Gasteiger charge is -2.07. The molecule has 0 saturated carbocycles. The second-order valence-electron chi connectivity index (χ2n) is 4.72. The van der Waals surface area contributed by atoms with Crippen LogP contribution in [0.15, 0.2) is 50.8 Å². The molecular formula is C13H14N4O4S. The zero-order valence-electron chi connectivity index (χ0n) is 11.8. The molecule has 0 unspecified atom stereocenters. The Hall–Kier alpha value is -2.39. The Labute approximate surface area is 126 Å². The summed E-state index contributed by atoms with van der Waals surface area (Å²) in [5, 5.41) is 3.99. The summed E-state index contributed by atoms with van der Waals surface area (Å²) in [6.45, 7) is 0.635. The quantitative estimate of drug-likeness (QED) is 0.728. The number of hydrogen-bond donors (Lipinski definition) is 1. The van der Waals surface area contributed by atoms with Crippen LogP contribution in [0.25, 0.3) is 11.1 Å². The molecule has 0 aliphatic rings. The number of sulfonamides is 1. The predicted octanol–water partition coefficient (Wildman–Crippen LogP) is 0.306. The van der Waals surface area contributed by atoms with E-state index in [9.17, 15) is 13.2 Å². The largest absolute Gasteiger partial charge is 0.419 e. The normalized spacial score (nSPS) is 12.0. The average Bonchev–Trinajstić information content (AvgIpc) is 3.08. The molecule has 0 aliphatic carbocycles. The minimum absolute atomic E-state index is 0.0508. The lowest BCUT2D eigenvalue weighted by Crippen LogP contribution is -2.27. The van der Waals surface area contributed by atoms with Crippen LogP contribution in [0.4, 0.5) is 0 Å². The Morgan fingerprint density at radius 3 is 2.91 bits per heavy atom. The number of nitrogens with one attached hydrogen (secondary N) is 1. The highest BCUT2D eigenvalue weighted by Gasteiger charge is 2.16. The first-order valence-corrected chi connectivity index (χ1v) is 8.02. The van der Waals surface area contributed by atoms with Crippen LogP contribution < -0.4 is 10.5 Å². The van der Waals surface area contributed by atoms with Gasteiger partial charge in [-0.2, -0.15) is 5.10 Å². The van der Waals surface area contributed by atoms with E-state index in [0.29, 0.717) is 12.1 Å². The molecule has 8 nitrogen and oxygen atoms in total. The minimum atomic E-state index is -3.67. The van der Waals surface area contributed by atoms with Crippen molar-refractivity contribution in [1.29, 1.82) is 0 Å².